The summed E-state index contributed by atoms with van der Waals surface area (Å²) in [7, 11) is 1.56. The monoisotopic (exact) mass is 522 g/mol. The molecule has 14 heteroatoms. The third kappa shape index (κ3) is 6.82. The molecule has 4 unspecified atom stereocenters. The minimum absolute atomic E-state index is 0.122. The molecule has 0 saturated heterocycles. The molecule has 3 aromatic rings. The predicted octanol–water partition coefficient (Wildman–Crippen LogP) is -1.00. The summed E-state index contributed by atoms with van der Waals surface area (Å²) in [5, 5.41) is 47.6. The van der Waals surface area contributed by atoms with Gasteiger partial charge < -0.3 is 45.7 Å². The summed E-state index contributed by atoms with van der Waals surface area (Å²) in [5.41, 5.74) is 8.71. The summed E-state index contributed by atoms with van der Waals surface area (Å²) >= 11 is 5.44. The average molecular weight is 523 g/mol. The number of nitrogen functional groups attached to an aromatic ring is 1. The number of hydrogen-bond acceptors (Lipinski definition) is 12. The van der Waals surface area contributed by atoms with Crippen molar-refractivity contribution in [3.63, 3.8) is 0 Å². The van der Waals surface area contributed by atoms with Crippen molar-refractivity contribution < 1.29 is 35.0 Å². The highest BCUT2D eigenvalue weighted by Crippen LogP contribution is 2.21. The van der Waals surface area contributed by atoms with Crippen molar-refractivity contribution in [1.29, 1.82) is 0 Å². The lowest BCUT2D eigenvalue weighted by molar-refractivity contribution is -0.112. The Morgan fingerprint density at radius 2 is 1.81 bits per heavy atom. The largest absolute Gasteiger partial charge is 0.461 e. The van der Waals surface area contributed by atoms with Crippen LogP contribution in [0.5, 0.6) is 6.01 Å². The molecule has 36 heavy (non-hydrogen) atoms. The van der Waals surface area contributed by atoms with Crippen molar-refractivity contribution in [3.05, 3.63) is 40.2 Å². The van der Waals surface area contributed by atoms with E-state index >= 15 is 0 Å². The van der Waals surface area contributed by atoms with Gasteiger partial charge in [-0.15, -0.1) is 0 Å². The molecule has 0 aliphatic carbocycles. The Morgan fingerprint density at radius 3 is 2.47 bits per heavy atom. The highest BCUT2D eigenvalue weighted by atomic mass is 32.1. The molecule has 8 N–H and O–H groups in total. The summed E-state index contributed by atoms with van der Waals surface area (Å²) < 4.78 is 12.7. The number of methoxy groups -OCH3 is 1. The zero-order chi connectivity index (χ0) is 26.2. The summed E-state index contributed by atoms with van der Waals surface area (Å²) in [4.78, 5) is 15.7. The lowest BCUT2D eigenvalue weighted by atomic mass is 10.0. The van der Waals surface area contributed by atoms with Crippen LogP contribution in [-0.2, 0) is 11.3 Å². The Bertz CT molecular complexity index is 1220. The van der Waals surface area contributed by atoms with Gasteiger partial charge in [-0.25, -0.2) is 0 Å². The number of aliphatic imine (C=N–C) groups is 1. The number of benzene rings is 1. The van der Waals surface area contributed by atoms with Gasteiger partial charge in [0.2, 0.25) is 0 Å². The second-order valence-corrected chi connectivity index (χ2v) is 8.37. The van der Waals surface area contributed by atoms with E-state index in [1.165, 1.54) is 6.21 Å². The van der Waals surface area contributed by atoms with Gasteiger partial charge in [-0.1, -0.05) is 24.3 Å². The van der Waals surface area contributed by atoms with Gasteiger partial charge in [0.1, 0.15) is 36.5 Å². The zero-order valence-electron chi connectivity index (χ0n) is 19.6. The molecule has 0 aliphatic rings. The second-order valence-electron chi connectivity index (χ2n) is 7.98. The van der Waals surface area contributed by atoms with E-state index in [0.29, 0.717) is 29.1 Å². The summed E-state index contributed by atoms with van der Waals surface area (Å²) in [6.07, 6.45) is -4.82. The topological polar surface area (TPSA) is 204 Å². The van der Waals surface area contributed by atoms with Crippen LogP contribution in [0.2, 0.25) is 0 Å². The van der Waals surface area contributed by atoms with E-state index in [1.54, 1.807) is 11.7 Å². The molecule has 0 amide bonds. The Morgan fingerprint density at radius 1 is 1.11 bits per heavy atom. The molecule has 2 aromatic heterocycles. The number of hydrogen-bond donors (Lipinski definition) is 7. The number of fused-ring (bicyclic) bond motifs is 1. The Kier molecular flexibility index (Phi) is 9.83. The fraction of sp³-hybridized carbons (Fsp3) is 0.455. The summed E-state index contributed by atoms with van der Waals surface area (Å²) in [6.45, 7) is 0.105. The fourth-order valence-electron chi connectivity index (χ4n) is 3.29. The van der Waals surface area contributed by atoms with Crippen molar-refractivity contribution in [2.45, 2.75) is 31.0 Å². The first-order chi connectivity index (χ1) is 17.2. The minimum Gasteiger partial charge on any atom is -0.461 e. The van der Waals surface area contributed by atoms with Crippen molar-refractivity contribution in [2.24, 2.45) is 4.99 Å². The maximum absolute atomic E-state index is 9.94. The number of ether oxygens (including phenoxy) is 2. The van der Waals surface area contributed by atoms with Gasteiger partial charge in [-0.2, -0.15) is 9.97 Å². The molecular formula is C22H30N6O7S. The first kappa shape index (κ1) is 27.6. The minimum atomic E-state index is -1.69. The van der Waals surface area contributed by atoms with Crippen LogP contribution in [0.4, 0.5) is 5.82 Å². The highest BCUT2D eigenvalue weighted by Gasteiger charge is 2.29. The third-order valence-corrected chi connectivity index (χ3v) is 5.65. The van der Waals surface area contributed by atoms with E-state index < -0.39 is 31.0 Å². The smallest absolute Gasteiger partial charge is 0.320 e. The zero-order valence-corrected chi connectivity index (χ0v) is 20.4. The Balaban J connectivity index is 1.67. The Labute approximate surface area is 211 Å². The number of aromatic amines is 1. The van der Waals surface area contributed by atoms with E-state index in [9.17, 15) is 20.4 Å². The predicted molar refractivity (Wildman–Crippen MR) is 134 cm³/mol. The Hall–Kier alpha value is -2.98. The highest BCUT2D eigenvalue weighted by molar-refractivity contribution is 7.71. The number of H-pyrrole nitrogens is 1. The number of nitrogens with two attached hydrogens (primary N) is 1. The first-order valence-corrected chi connectivity index (χ1v) is 11.5. The molecule has 1 aromatic carbocycles. The van der Waals surface area contributed by atoms with E-state index in [2.05, 4.69) is 19.9 Å². The van der Waals surface area contributed by atoms with Gasteiger partial charge >= 0.3 is 6.01 Å². The van der Waals surface area contributed by atoms with Crippen molar-refractivity contribution in [2.75, 3.05) is 39.2 Å². The van der Waals surface area contributed by atoms with E-state index in [0.717, 1.165) is 11.1 Å². The van der Waals surface area contributed by atoms with Gasteiger partial charge in [-0.05, 0) is 23.3 Å². The lowest BCUT2D eigenvalue weighted by Crippen LogP contribution is -2.46. The number of rotatable bonds is 13. The summed E-state index contributed by atoms with van der Waals surface area (Å²) in [6, 6.07) is 7.49. The van der Waals surface area contributed by atoms with E-state index in [-0.39, 0.29) is 25.0 Å². The van der Waals surface area contributed by atoms with Crippen molar-refractivity contribution in [3.8, 4) is 6.01 Å². The molecule has 0 bridgehead atoms. The number of nitrogens with zero attached hydrogens (tertiary/aromatic N) is 4. The molecule has 3 rings (SSSR count). The quantitative estimate of drug-likeness (QED) is 0.0823. The standard InChI is InChI=1S/C22H30N6O7S/c1-34-6-7-35-21-26-19(23)16-20(27-21)28(22(36)25-16)10-13-4-2-12(3-5-13)8-24-9-14(30)17(32)18(33)15(31)11-29/h2-5,8,14-15,17-18,29-33H,6-7,9-11H2,1H3,(H,25,36)(H2,23,26,27). The molecule has 196 valence electrons. The maximum atomic E-state index is 9.94. The second kappa shape index (κ2) is 12.8. The van der Waals surface area contributed by atoms with Gasteiger partial charge in [0, 0.05) is 13.3 Å². The van der Waals surface area contributed by atoms with Crippen LogP contribution in [0.1, 0.15) is 11.1 Å². The molecule has 0 fully saturated rings. The molecule has 0 spiro atoms. The van der Waals surface area contributed by atoms with Crippen LogP contribution in [0.25, 0.3) is 11.2 Å². The lowest BCUT2D eigenvalue weighted by Gasteiger charge is -2.24. The molecule has 0 saturated carbocycles. The number of nitrogens with one attached hydrogen (secondary N) is 1. The van der Waals surface area contributed by atoms with Gasteiger partial charge in [0.25, 0.3) is 0 Å². The molecule has 2 heterocycles. The summed E-state index contributed by atoms with van der Waals surface area (Å²) in [5.74, 6) is 0.217. The number of imidazole rings is 1. The number of aliphatic hydroxyl groups is 5. The molecule has 0 aliphatic heterocycles. The van der Waals surface area contributed by atoms with E-state index in [1.807, 2.05) is 24.3 Å². The van der Waals surface area contributed by atoms with Gasteiger partial charge in [0.05, 0.1) is 26.3 Å². The first-order valence-electron chi connectivity index (χ1n) is 11.0. The fourth-order valence-corrected chi connectivity index (χ4v) is 3.54. The average Bonchev–Trinajstić information content (AvgIpc) is 3.19. The number of anilines is 1. The number of aliphatic hydroxyl groups excluding tert-OH is 5. The SMILES string of the molecule is COCCOc1nc(N)c2[nH]c(=S)n(Cc3ccc(C=NCC(O)C(O)C(O)C(O)CO)cc3)c2n1. The van der Waals surface area contributed by atoms with Crippen LogP contribution in [0.15, 0.2) is 29.3 Å². The van der Waals surface area contributed by atoms with Crippen molar-refractivity contribution in [1.82, 2.24) is 19.5 Å². The number of aromatic nitrogens is 4. The normalized spacial score (nSPS) is 15.3. The van der Waals surface area contributed by atoms with Gasteiger partial charge in [0.15, 0.2) is 16.2 Å². The molecule has 0 radical (unpaired) electrons. The van der Waals surface area contributed by atoms with Gasteiger partial charge in [-0.3, -0.25) is 9.56 Å². The molecule has 4 atom stereocenters. The van der Waals surface area contributed by atoms with Crippen LogP contribution in [0, 0.1) is 4.77 Å². The molecular weight excluding hydrogens is 492 g/mol. The van der Waals surface area contributed by atoms with Crippen LogP contribution in [0.3, 0.4) is 0 Å². The maximum Gasteiger partial charge on any atom is 0.320 e. The van der Waals surface area contributed by atoms with E-state index in [4.69, 9.17) is 32.5 Å². The van der Waals surface area contributed by atoms with Crippen LogP contribution >= 0.6 is 12.2 Å². The third-order valence-electron chi connectivity index (χ3n) is 5.33. The van der Waals surface area contributed by atoms with Crippen LogP contribution in [-0.4, -0.2) is 109 Å². The van der Waals surface area contributed by atoms with Crippen LogP contribution < -0.4 is 10.5 Å². The molecule has 13 nitrogen and oxygen atoms in total. The van der Waals surface area contributed by atoms with Crippen molar-refractivity contribution >= 4 is 35.4 Å².